The quantitative estimate of drug-likeness (QED) is 0.730. The van der Waals surface area contributed by atoms with Crippen molar-refractivity contribution in [2.75, 3.05) is 17.3 Å². The van der Waals surface area contributed by atoms with Gasteiger partial charge in [0.15, 0.2) is 5.13 Å². The van der Waals surface area contributed by atoms with Crippen molar-refractivity contribution in [2.45, 2.75) is 38.6 Å². The van der Waals surface area contributed by atoms with Crippen molar-refractivity contribution < 1.29 is 13.2 Å². The fraction of sp³-hybridized carbons (Fsp3) is 0.444. The van der Waals surface area contributed by atoms with E-state index in [4.69, 9.17) is 5.73 Å². The van der Waals surface area contributed by atoms with Gasteiger partial charge in [-0.3, -0.25) is 4.79 Å². The average Bonchev–Trinajstić information content (AvgIpc) is 2.99. The zero-order chi connectivity index (χ0) is 19.5. The van der Waals surface area contributed by atoms with Gasteiger partial charge in [0.05, 0.1) is 17.5 Å². The Kier molecular flexibility index (Phi) is 7.98. The zero-order valence-corrected chi connectivity index (χ0v) is 18.3. The third-order valence-electron chi connectivity index (χ3n) is 3.92. The van der Waals surface area contributed by atoms with Gasteiger partial charge in [-0.25, -0.2) is 13.4 Å². The Hall–Kier alpha value is -1.48. The van der Waals surface area contributed by atoms with Crippen molar-refractivity contribution in [1.29, 1.82) is 0 Å². The molecule has 0 radical (unpaired) electrons. The molecule has 27 heavy (non-hydrogen) atoms. The van der Waals surface area contributed by atoms with Crippen LogP contribution in [0.25, 0.3) is 11.3 Å². The SMILES string of the molecule is CC(C)(C)c1ccc(-c2csc(NC(=O)C(N)CCS(C)(=O)=O)n2)cc1.Cl. The molecule has 1 unspecified atom stereocenters. The lowest BCUT2D eigenvalue weighted by atomic mass is 9.86. The van der Waals surface area contributed by atoms with E-state index in [1.54, 1.807) is 0 Å². The van der Waals surface area contributed by atoms with E-state index in [1.807, 2.05) is 17.5 Å². The highest BCUT2D eigenvalue weighted by molar-refractivity contribution is 7.90. The Morgan fingerprint density at radius 1 is 1.26 bits per heavy atom. The summed E-state index contributed by atoms with van der Waals surface area (Å²) in [6, 6.07) is 7.29. The van der Waals surface area contributed by atoms with Gasteiger partial charge in [0.1, 0.15) is 9.84 Å². The third-order valence-corrected chi connectivity index (χ3v) is 5.65. The number of thiazole rings is 1. The number of carbonyl (C=O) groups excluding carboxylic acids is 1. The maximum Gasteiger partial charge on any atom is 0.243 e. The van der Waals surface area contributed by atoms with Crippen LogP contribution in [0.5, 0.6) is 0 Å². The number of aromatic nitrogens is 1. The molecule has 0 aliphatic rings. The summed E-state index contributed by atoms with van der Waals surface area (Å²) < 4.78 is 22.3. The fourth-order valence-electron chi connectivity index (χ4n) is 2.27. The van der Waals surface area contributed by atoms with E-state index in [0.717, 1.165) is 17.5 Å². The minimum atomic E-state index is -3.14. The number of amides is 1. The Morgan fingerprint density at radius 2 is 1.85 bits per heavy atom. The standard InChI is InChI=1S/C18H25N3O3S2.ClH/c1-18(2,3)13-7-5-12(6-8-13)15-11-25-17(20-15)21-16(22)14(19)9-10-26(4,23)24;/h5-8,11,14H,9-10,19H2,1-4H3,(H,20,21,22);1H. The number of sulfone groups is 1. The van der Waals surface area contributed by atoms with Crippen LogP contribution < -0.4 is 11.1 Å². The lowest BCUT2D eigenvalue weighted by Crippen LogP contribution is -2.37. The number of anilines is 1. The monoisotopic (exact) mass is 431 g/mol. The van der Waals surface area contributed by atoms with Crippen LogP contribution in [-0.4, -0.2) is 37.4 Å². The minimum absolute atomic E-state index is 0. The van der Waals surface area contributed by atoms with E-state index in [0.29, 0.717) is 5.13 Å². The van der Waals surface area contributed by atoms with Crippen LogP contribution in [0.4, 0.5) is 5.13 Å². The molecule has 0 aliphatic carbocycles. The van der Waals surface area contributed by atoms with Crippen molar-refractivity contribution in [1.82, 2.24) is 4.98 Å². The summed E-state index contributed by atoms with van der Waals surface area (Å²) in [5.74, 6) is -0.553. The summed E-state index contributed by atoms with van der Waals surface area (Å²) >= 11 is 1.31. The molecule has 3 N–H and O–H groups in total. The number of rotatable bonds is 6. The van der Waals surface area contributed by atoms with Gasteiger partial charge in [0.2, 0.25) is 5.91 Å². The van der Waals surface area contributed by atoms with Gasteiger partial charge in [0.25, 0.3) is 0 Å². The smallest absolute Gasteiger partial charge is 0.243 e. The fourth-order valence-corrected chi connectivity index (χ4v) is 3.68. The van der Waals surface area contributed by atoms with Crippen molar-refractivity contribution in [3.8, 4) is 11.3 Å². The van der Waals surface area contributed by atoms with E-state index in [2.05, 4.69) is 43.2 Å². The average molecular weight is 432 g/mol. The lowest BCUT2D eigenvalue weighted by molar-refractivity contribution is -0.117. The molecule has 0 saturated carbocycles. The molecule has 1 aromatic carbocycles. The van der Waals surface area contributed by atoms with Crippen LogP contribution in [0.3, 0.4) is 0 Å². The van der Waals surface area contributed by atoms with Gasteiger partial charge < -0.3 is 11.1 Å². The second-order valence-electron chi connectivity index (χ2n) is 7.38. The number of hydrogen-bond donors (Lipinski definition) is 2. The number of carbonyl (C=O) groups is 1. The molecule has 0 spiro atoms. The summed E-state index contributed by atoms with van der Waals surface area (Å²) in [5, 5.41) is 4.96. The molecule has 2 rings (SSSR count). The van der Waals surface area contributed by atoms with Gasteiger partial charge in [-0.05, 0) is 17.4 Å². The third kappa shape index (κ3) is 7.21. The maximum absolute atomic E-state index is 12.1. The van der Waals surface area contributed by atoms with E-state index >= 15 is 0 Å². The molecular formula is C18H26ClN3O3S2. The first kappa shape index (κ1) is 23.6. The van der Waals surface area contributed by atoms with Gasteiger partial charge >= 0.3 is 0 Å². The normalized spacial score (nSPS) is 12.9. The molecule has 150 valence electrons. The molecule has 0 saturated heterocycles. The van der Waals surface area contributed by atoms with Gasteiger partial charge in [-0.15, -0.1) is 23.7 Å². The molecule has 2 aromatic rings. The largest absolute Gasteiger partial charge is 0.320 e. The first-order chi connectivity index (χ1) is 12.0. The molecule has 1 aromatic heterocycles. The molecule has 6 nitrogen and oxygen atoms in total. The minimum Gasteiger partial charge on any atom is -0.320 e. The van der Waals surface area contributed by atoms with Crippen LogP contribution in [0.15, 0.2) is 29.6 Å². The Morgan fingerprint density at radius 3 is 2.37 bits per heavy atom. The van der Waals surface area contributed by atoms with Crippen molar-refractivity contribution in [3.05, 3.63) is 35.2 Å². The zero-order valence-electron chi connectivity index (χ0n) is 15.9. The number of halogens is 1. The molecular weight excluding hydrogens is 406 g/mol. The van der Waals surface area contributed by atoms with E-state index < -0.39 is 21.8 Å². The Bertz CT molecular complexity index is 872. The Labute approximate surface area is 170 Å². The summed E-state index contributed by atoms with van der Waals surface area (Å²) in [7, 11) is -3.14. The summed E-state index contributed by atoms with van der Waals surface area (Å²) in [6.45, 7) is 6.47. The second kappa shape index (κ2) is 9.14. The molecule has 1 heterocycles. The van der Waals surface area contributed by atoms with E-state index in [9.17, 15) is 13.2 Å². The number of benzene rings is 1. The number of hydrogen-bond acceptors (Lipinski definition) is 6. The van der Waals surface area contributed by atoms with Crippen molar-refractivity contribution >= 4 is 44.6 Å². The lowest BCUT2D eigenvalue weighted by Gasteiger charge is -2.18. The highest BCUT2D eigenvalue weighted by Crippen LogP contribution is 2.28. The Balaban J connectivity index is 0.00000364. The molecule has 0 bridgehead atoms. The number of nitrogens with one attached hydrogen (secondary N) is 1. The highest BCUT2D eigenvalue weighted by atomic mass is 35.5. The number of nitrogens with zero attached hydrogens (tertiary/aromatic N) is 1. The van der Waals surface area contributed by atoms with Crippen LogP contribution in [0.2, 0.25) is 0 Å². The van der Waals surface area contributed by atoms with Crippen LogP contribution in [0.1, 0.15) is 32.8 Å². The van der Waals surface area contributed by atoms with Crippen molar-refractivity contribution in [3.63, 3.8) is 0 Å². The predicted octanol–water partition coefficient (Wildman–Crippen LogP) is 3.23. The van der Waals surface area contributed by atoms with Crippen LogP contribution >= 0.6 is 23.7 Å². The molecule has 1 atom stereocenters. The predicted molar refractivity (Wildman–Crippen MR) is 114 cm³/mol. The topological polar surface area (TPSA) is 102 Å². The summed E-state index contributed by atoms with van der Waals surface area (Å²) in [4.78, 5) is 16.5. The molecule has 9 heteroatoms. The van der Waals surface area contributed by atoms with Crippen molar-refractivity contribution in [2.24, 2.45) is 5.73 Å². The first-order valence-corrected chi connectivity index (χ1v) is 11.2. The first-order valence-electron chi connectivity index (χ1n) is 8.26. The van der Waals surface area contributed by atoms with Gasteiger partial charge in [-0.2, -0.15) is 0 Å². The van der Waals surface area contributed by atoms with E-state index in [-0.39, 0.29) is 30.0 Å². The number of nitrogens with two attached hydrogens (primary N) is 1. The molecule has 0 fully saturated rings. The summed E-state index contributed by atoms with van der Waals surface area (Å²) in [6.07, 6.45) is 1.20. The highest BCUT2D eigenvalue weighted by Gasteiger charge is 2.18. The maximum atomic E-state index is 12.1. The molecule has 1 amide bonds. The van der Waals surface area contributed by atoms with Gasteiger partial charge in [0, 0.05) is 17.2 Å². The van der Waals surface area contributed by atoms with E-state index in [1.165, 1.54) is 16.9 Å². The van der Waals surface area contributed by atoms with Crippen LogP contribution in [0, 0.1) is 0 Å². The van der Waals surface area contributed by atoms with Crippen LogP contribution in [-0.2, 0) is 20.0 Å². The molecule has 0 aliphatic heterocycles. The summed E-state index contributed by atoms with van der Waals surface area (Å²) in [5.41, 5.74) is 8.81. The second-order valence-corrected chi connectivity index (χ2v) is 10.5. The van der Waals surface area contributed by atoms with Gasteiger partial charge in [-0.1, -0.05) is 45.0 Å².